The molecule has 3 rings (SSSR count). The van der Waals surface area contributed by atoms with Gasteiger partial charge in [-0.15, -0.1) is 0 Å². The number of nitrogens with one attached hydrogen (secondary N) is 1. The SMILES string of the molecule is Brc1cccc(CNC2CCc3ccccc32)c1. The second-order valence-corrected chi connectivity index (χ2v) is 5.72. The topological polar surface area (TPSA) is 12.0 Å². The molecule has 92 valence electrons. The Morgan fingerprint density at radius 2 is 2.00 bits per heavy atom. The molecule has 1 N–H and O–H groups in total. The maximum atomic E-state index is 3.66. The molecular formula is C16H16BrN. The van der Waals surface area contributed by atoms with Gasteiger partial charge in [0.1, 0.15) is 0 Å². The molecule has 0 aliphatic heterocycles. The van der Waals surface area contributed by atoms with Crippen molar-refractivity contribution in [3.05, 3.63) is 69.7 Å². The van der Waals surface area contributed by atoms with Crippen molar-refractivity contribution >= 4 is 15.9 Å². The fraction of sp³-hybridized carbons (Fsp3) is 0.250. The van der Waals surface area contributed by atoms with Gasteiger partial charge in [0.15, 0.2) is 0 Å². The maximum absolute atomic E-state index is 3.66. The van der Waals surface area contributed by atoms with E-state index in [1.807, 2.05) is 0 Å². The second-order valence-electron chi connectivity index (χ2n) is 4.80. The number of hydrogen-bond acceptors (Lipinski definition) is 1. The highest BCUT2D eigenvalue weighted by molar-refractivity contribution is 9.10. The van der Waals surface area contributed by atoms with Crippen molar-refractivity contribution in [2.24, 2.45) is 0 Å². The summed E-state index contributed by atoms with van der Waals surface area (Å²) in [7, 11) is 0. The summed E-state index contributed by atoms with van der Waals surface area (Å²) in [5, 5.41) is 3.66. The molecule has 1 atom stereocenters. The minimum atomic E-state index is 0.514. The Morgan fingerprint density at radius 3 is 2.89 bits per heavy atom. The molecule has 0 spiro atoms. The van der Waals surface area contributed by atoms with Crippen molar-refractivity contribution in [1.29, 1.82) is 0 Å². The largest absolute Gasteiger partial charge is 0.306 e. The third kappa shape index (κ3) is 2.50. The molecule has 1 nitrogen and oxygen atoms in total. The normalized spacial score (nSPS) is 17.7. The van der Waals surface area contributed by atoms with Gasteiger partial charge in [-0.25, -0.2) is 0 Å². The monoisotopic (exact) mass is 301 g/mol. The standard InChI is InChI=1S/C16H16BrN/c17-14-6-3-4-12(10-14)11-18-16-9-8-13-5-1-2-7-15(13)16/h1-7,10,16,18H,8-9,11H2. The molecule has 18 heavy (non-hydrogen) atoms. The number of benzene rings is 2. The quantitative estimate of drug-likeness (QED) is 0.895. The molecule has 0 radical (unpaired) electrons. The molecule has 2 aromatic rings. The molecule has 0 bridgehead atoms. The van der Waals surface area contributed by atoms with Crippen LogP contribution in [0.15, 0.2) is 53.0 Å². The van der Waals surface area contributed by atoms with Crippen LogP contribution in [0.5, 0.6) is 0 Å². The predicted octanol–water partition coefficient (Wildman–Crippen LogP) is 4.23. The molecule has 0 aromatic heterocycles. The Kier molecular flexibility index (Phi) is 3.48. The minimum Gasteiger partial charge on any atom is -0.306 e. The molecule has 1 aliphatic carbocycles. The lowest BCUT2D eigenvalue weighted by Gasteiger charge is -2.14. The van der Waals surface area contributed by atoms with E-state index in [0.29, 0.717) is 6.04 Å². The van der Waals surface area contributed by atoms with Crippen molar-refractivity contribution in [1.82, 2.24) is 5.32 Å². The molecule has 0 saturated heterocycles. The number of rotatable bonds is 3. The smallest absolute Gasteiger partial charge is 0.0329 e. The van der Waals surface area contributed by atoms with E-state index in [0.717, 1.165) is 11.0 Å². The highest BCUT2D eigenvalue weighted by Crippen LogP contribution is 2.30. The van der Waals surface area contributed by atoms with E-state index in [1.165, 1.54) is 29.5 Å². The summed E-state index contributed by atoms with van der Waals surface area (Å²) in [4.78, 5) is 0. The van der Waals surface area contributed by atoms with Crippen LogP contribution in [0, 0.1) is 0 Å². The lowest BCUT2D eigenvalue weighted by molar-refractivity contribution is 0.530. The molecule has 0 amide bonds. The van der Waals surface area contributed by atoms with E-state index in [2.05, 4.69) is 69.8 Å². The molecule has 2 aromatic carbocycles. The van der Waals surface area contributed by atoms with E-state index in [4.69, 9.17) is 0 Å². The van der Waals surface area contributed by atoms with Crippen LogP contribution in [0.3, 0.4) is 0 Å². The van der Waals surface area contributed by atoms with E-state index < -0.39 is 0 Å². The van der Waals surface area contributed by atoms with Crippen LogP contribution < -0.4 is 5.32 Å². The summed E-state index contributed by atoms with van der Waals surface area (Å²) >= 11 is 3.51. The van der Waals surface area contributed by atoms with Crippen molar-refractivity contribution < 1.29 is 0 Å². The zero-order valence-electron chi connectivity index (χ0n) is 10.2. The highest BCUT2D eigenvalue weighted by atomic mass is 79.9. The van der Waals surface area contributed by atoms with E-state index >= 15 is 0 Å². The van der Waals surface area contributed by atoms with Gasteiger partial charge in [0.05, 0.1) is 0 Å². The van der Waals surface area contributed by atoms with Crippen LogP contribution in [0.2, 0.25) is 0 Å². The first kappa shape index (κ1) is 11.9. The Balaban J connectivity index is 1.69. The van der Waals surface area contributed by atoms with Crippen LogP contribution in [0.1, 0.15) is 29.2 Å². The van der Waals surface area contributed by atoms with Crippen LogP contribution in [0.25, 0.3) is 0 Å². The van der Waals surface area contributed by atoms with Gasteiger partial charge in [0.25, 0.3) is 0 Å². The number of aryl methyl sites for hydroxylation is 1. The van der Waals surface area contributed by atoms with Gasteiger partial charge in [0.2, 0.25) is 0 Å². The average Bonchev–Trinajstić information content (AvgIpc) is 2.80. The van der Waals surface area contributed by atoms with Gasteiger partial charge in [0, 0.05) is 17.1 Å². The van der Waals surface area contributed by atoms with E-state index in [9.17, 15) is 0 Å². The maximum Gasteiger partial charge on any atom is 0.0329 e. The molecule has 2 heteroatoms. The Labute approximate surface area is 116 Å². The highest BCUT2D eigenvalue weighted by Gasteiger charge is 2.20. The molecular weight excluding hydrogens is 286 g/mol. The zero-order chi connectivity index (χ0) is 12.4. The summed E-state index contributed by atoms with van der Waals surface area (Å²) < 4.78 is 1.15. The van der Waals surface area contributed by atoms with E-state index in [-0.39, 0.29) is 0 Å². The fourth-order valence-electron chi connectivity index (χ4n) is 2.66. The molecule has 0 saturated carbocycles. The lowest BCUT2D eigenvalue weighted by atomic mass is 10.1. The predicted molar refractivity (Wildman–Crippen MR) is 78.5 cm³/mol. The van der Waals surface area contributed by atoms with Gasteiger partial charge >= 0.3 is 0 Å². The summed E-state index contributed by atoms with van der Waals surface area (Å²) in [6, 6.07) is 17.8. The van der Waals surface area contributed by atoms with Crippen LogP contribution in [-0.4, -0.2) is 0 Å². The van der Waals surface area contributed by atoms with Crippen LogP contribution in [-0.2, 0) is 13.0 Å². The van der Waals surface area contributed by atoms with Crippen LogP contribution in [0.4, 0.5) is 0 Å². The first-order valence-electron chi connectivity index (χ1n) is 6.38. The van der Waals surface area contributed by atoms with E-state index in [1.54, 1.807) is 0 Å². The molecule has 1 unspecified atom stereocenters. The Hall–Kier alpha value is -1.12. The van der Waals surface area contributed by atoms with Gasteiger partial charge in [-0.05, 0) is 41.7 Å². The van der Waals surface area contributed by atoms with Gasteiger partial charge in [-0.2, -0.15) is 0 Å². The zero-order valence-corrected chi connectivity index (χ0v) is 11.8. The van der Waals surface area contributed by atoms with Crippen molar-refractivity contribution in [2.45, 2.75) is 25.4 Å². The molecule has 0 fully saturated rings. The van der Waals surface area contributed by atoms with Gasteiger partial charge in [-0.1, -0.05) is 52.3 Å². The molecule has 0 heterocycles. The number of halogens is 1. The number of hydrogen-bond donors (Lipinski definition) is 1. The number of fused-ring (bicyclic) bond motifs is 1. The van der Waals surface area contributed by atoms with Gasteiger partial charge < -0.3 is 5.32 Å². The van der Waals surface area contributed by atoms with Crippen molar-refractivity contribution in [3.63, 3.8) is 0 Å². The van der Waals surface area contributed by atoms with Gasteiger partial charge in [-0.3, -0.25) is 0 Å². The lowest BCUT2D eigenvalue weighted by Crippen LogP contribution is -2.18. The van der Waals surface area contributed by atoms with Crippen molar-refractivity contribution in [3.8, 4) is 0 Å². The summed E-state index contributed by atoms with van der Waals surface area (Å²) in [6.07, 6.45) is 2.42. The van der Waals surface area contributed by atoms with Crippen LogP contribution >= 0.6 is 15.9 Å². The third-order valence-electron chi connectivity index (χ3n) is 3.57. The third-order valence-corrected chi connectivity index (χ3v) is 4.07. The Morgan fingerprint density at radius 1 is 1.11 bits per heavy atom. The summed E-state index contributed by atoms with van der Waals surface area (Å²) in [5.74, 6) is 0. The van der Waals surface area contributed by atoms with Crippen molar-refractivity contribution in [2.75, 3.05) is 0 Å². The summed E-state index contributed by atoms with van der Waals surface area (Å²) in [5.41, 5.74) is 4.31. The first-order valence-corrected chi connectivity index (χ1v) is 7.18. The second kappa shape index (κ2) is 5.25. The fourth-order valence-corrected chi connectivity index (χ4v) is 3.10. The Bertz CT molecular complexity index is 550. The average molecular weight is 302 g/mol. The molecule has 1 aliphatic rings. The first-order chi connectivity index (χ1) is 8.83. The minimum absolute atomic E-state index is 0.514. The summed E-state index contributed by atoms with van der Waals surface area (Å²) in [6.45, 7) is 0.929.